The Hall–Kier alpha value is -3.87. The molecule has 38 heavy (non-hydrogen) atoms. The number of amidine groups is 1. The summed E-state index contributed by atoms with van der Waals surface area (Å²) in [6, 6.07) is 15.8. The number of aromatic nitrogens is 2. The molecule has 1 aliphatic heterocycles. The van der Waals surface area contributed by atoms with Crippen LogP contribution in [0.1, 0.15) is 17.5 Å². The van der Waals surface area contributed by atoms with Gasteiger partial charge in [0.1, 0.15) is 0 Å². The Bertz CT molecular complexity index is 1710. The highest BCUT2D eigenvalue weighted by Crippen LogP contribution is 2.38. The summed E-state index contributed by atoms with van der Waals surface area (Å²) < 4.78 is 29.9. The van der Waals surface area contributed by atoms with E-state index in [9.17, 15) is 18.0 Å². The minimum absolute atomic E-state index is 0.138. The molecular formula is C26H27N5O5S2. The Labute approximate surface area is 225 Å². The van der Waals surface area contributed by atoms with Crippen LogP contribution >= 0.6 is 12.6 Å². The zero-order chi connectivity index (χ0) is 27.6. The van der Waals surface area contributed by atoms with Crippen molar-refractivity contribution >= 4 is 72.7 Å². The van der Waals surface area contributed by atoms with Crippen molar-refractivity contribution in [3.8, 4) is 0 Å². The van der Waals surface area contributed by atoms with Crippen molar-refractivity contribution < 1.29 is 22.6 Å². The molecule has 12 heteroatoms. The van der Waals surface area contributed by atoms with Crippen LogP contribution < -0.4 is 10.6 Å². The maximum atomic E-state index is 13.1. The number of benzene rings is 2. The molecule has 0 fully saturated rings. The van der Waals surface area contributed by atoms with Crippen molar-refractivity contribution in [2.45, 2.75) is 13.0 Å². The number of imide groups is 1. The van der Waals surface area contributed by atoms with E-state index >= 15 is 0 Å². The predicted octanol–water partition coefficient (Wildman–Crippen LogP) is 3.05. The zero-order valence-corrected chi connectivity index (χ0v) is 22.4. The monoisotopic (exact) mass is 553 g/mol. The number of nitrogens with one attached hydrogen (secondary N) is 3. The van der Waals surface area contributed by atoms with Crippen molar-refractivity contribution in [1.82, 2.24) is 19.8 Å². The third kappa shape index (κ3) is 5.82. The molecule has 2 aromatic carbocycles. The Morgan fingerprint density at radius 3 is 2.05 bits per heavy atom. The third-order valence-corrected chi connectivity index (χ3v) is 6.18. The van der Waals surface area contributed by atoms with Crippen LogP contribution in [0.2, 0.25) is 0 Å². The van der Waals surface area contributed by atoms with Crippen LogP contribution in [0.4, 0.5) is 0 Å². The minimum atomic E-state index is -3.67. The average Bonchev–Trinajstić information content (AvgIpc) is 3.46. The fraction of sp³-hybridized carbons (Fsp3) is 0.192. The van der Waals surface area contributed by atoms with Crippen molar-refractivity contribution in [2.24, 2.45) is 7.05 Å². The van der Waals surface area contributed by atoms with Crippen molar-refractivity contribution in [2.75, 3.05) is 12.8 Å². The number of amides is 2. The first-order chi connectivity index (χ1) is 18.0. The molecular weight excluding hydrogens is 526 g/mol. The first-order valence-electron chi connectivity index (χ1n) is 11.6. The van der Waals surface area contributed by atoms with Crippen LogP contribution in [0.25, 0.3) is 33.0 Å². The van der Waals surface area contributed by atoms with E-state index in [1.165, 1.54) is 0 Å². The summed E-state index contributed by atoms with van der Waals surface area (Å²) in [4.78, 5) is 26.1. The molecule has 1 aliphatic rings. The van der Waals surface area contributed by atoms with Crippen molar-refractivity contribution in [3.05, 3.63) is 72.1 Å². The molecule has 3 heterocycles. The maximum absolute atomic E-state index is 13.1. The number of para-hydroxylation sites is 2. The van der Waals surface area contributed by atoms with Crippen LogP contribution in [0.3, 0.4) is 0 Å². The Kier molecular flexibility index (Phi) is 7.76. The van der Waals surface area contributed by atoms with Crippen LogP contribution in [-0.4, -0.2) is 51.9 Å². The number of nitrogens with zero attached hydrogens (tertiary/aromatic N) is 2. The van der Waals surface area contributed by atoms with Gasteiger partial charge in [-0.05, 0) is 18.6 Å². The molecule has 4 aromatic rings. The van der Waals surface area contributed by atoms with Gasteiger partial charge in [0, 0.05) is 65.5 Å². The highest BCUT2D eigenvalue weighted by Gasteiger charge is 2.35. The van der Waals surface area contributed by atoms with Crippen LogP contribution in [-0.2, 0) is 33.3 Å². The Morgan fingerprint density at radius 2 is 1.47 bits per heavy atom. The number of aryl methyl sites for hydroxylation is 2. The van der Waals surface area contributed by atoms with Crippen molar-refractivity contribution in [1.29, 1.82) is 5.41 Å². The second kappa shape index (κ2) is 10.9. The van der Waals surface area contributed by atoms with E-state index in [4.69, 9.17) is 9.96 Å². The summed E-state index contributed by atoms with van der Waals surface area (Å²) in [5, 5.41) is 14.8. The summed E-state index contributed by atoms with van der Waals surface area (Å²) >= 11 is 3.95. The molecule has 0 spiro atoms. The lowest BCUT2D eigenvalue weighted by molar-refractivity contribution is -0.122. The SMILES string of the molecule is CS(=O)(=O)O.Cn1cc(C2=C(c3cn(CCCNC(=N)S)c4ccccc34)C(=O)NC2=O)c2ccccc21. The summed E-state index contributed by atoms with van der Waals surface area (Å²) in [6.45, 7) is 1.31. The molecule has 10 nitrogen and oxygen atoms in total. The fourth-order valence-corrected chi connectivity index (χ4v) is 4.71. The quantitative estimate of drug-likeness (QED) is 0.0620. The molecule has 0 aliphatic carbocycles. The van der Waals surface area contributed by atoms with Gasteiger partial charge >= 0.3 is 0 Å². The van der Waals surface area contributed by atoms with Gasteiger partial charge in [0.15, 0.2) is 5.17 Å². The van der Waals surface area contributed by atoms with Crippen LogP contribution in [0.5, 0.6) is 0 Å². The van der Waals surface area contributed by atoms with E-state index in [2.05, 4.69) is 27.8 Å². The number of carbonyl (C=O) groups is 2. The fourth-order valence-electron chi connectivity index (χ4n) is 4.60. The topological polar surface area (TPSA) is 146 Å². The van der Waals surface area contributed by atoms with Gasteiger partial charge in [-0.1, -0.05) is 36.4 Å². The number of hydrogen-bond acceptors (Lipinski definition) is 5. The van der Waals surface area contributed by atoms with Gasteiger partial charge in [-0.3, -0.25) is 24.9 Å². The predicted molar refractivity (Wildman–Crippen MR) is 152 cm³/mol. The lowest BCUT2D eigenvalue weighted by atomic mass is 9.95. The van der Waals surface area contributed by atoms with E-state index in [-0.39, 0.29) is 17.0 Å². The molecule has 0 saturated heterocycles. The van der Waals surface area contributed by atoms with Gasteiger partial charge in [-0.25, -0.2) is 0 Å². The lowest BCUT2D eigenvalue weighted by Gasteiger charge is -2.06. The van der Waals surface area contributed by atoms with E-state index < -0.39 is 10.1 Å². The second-order valence-corrected chi connectivity index (χ2v) is 10.7. The molecule has 0 radical (unpaired) electrons. The van der Waals surface area contributed by atoms with E-state index in [1.807, 2.05) is 72.5 Å². The number of carbonyl (C=O) groups excluding carboxylic acids is 2. The van der Waals surface area contributed by atoms with Gasteiger partial charge in [-0.15, -0.1) is 12.6 Å². The largest absolute Gasteiger partial charge is 0.365 e. The molecule has 0 unspecified atom stereocenters. The standard InChI is InChI=1S/C25H23N5O2S.CH4O3S/c1-29-13-17(15-7-2-4-9-19(15)29)21-22(24(32)28-23(21)31)18-14-30(12-6-11-27-25(26)33)20-10-5-3-8-16(18)20;1-5(2,3)4/h2-5,7-10,13-14H,6,11-12H2,1H3,(H3,26,27,33)(H,28,31,32);1H3,(H,2,3,4). The van der Waals surface area contributed by atoms with Gasteiger partial charge in [-0.2, -0.15) is 8.42 Å². The molecule has 198 valence electrons. The highest BCUT2D eigenvalue weighted by atomic mass is 32.2. The molecule has 4 N–H and O–H groups in total. The molecule has 2 aromatic heterocycles. The van der Waals surface area contributed by atoms with Crippen LogP contribution in [0, 0.1) is 5.41 Å². The highest BCUT2D eigenvalue weighted by molar-refractivity contribution is 7.96. The number of thiol groups is 1. The maximum Gasteiger partial charge on any atom is 0.261 e. The lowest BCUT2D eigenvalue weighted by Crippen LogP contribution is -2.22. The van der Waals surface area contributed by atoms with Gasteiger partial charge in [0.2, 0.25) is 0 Å². The van der Waals surface area contributed by atoms with E-state index in [0.717, 1.165) is 39.4 Å². The Balaban J connectivity index is 0.000000617. The normalized spacial score (nSPS) is 13.6. The summed E-state index contributed by atoms with van der Waals surface area (Å²) in [7, 11) is -1.73. The molecule has 2 amide bonds. The smallest absolute Gasteiger partial charge is 0.261 e. The number of fused-ring (bicyclic) bond motifs is 2. The van der Waals surface area contributed by atoms with Gasteiger partial charge in [0.05, 0.1) is 17.4 Å². The van der Waals surface area contributed by atoms with Crippen LogP contribution in [0.15, 0.2) is 60.9 Å². The molecule has 0 bridgehead atoms. The average molecular weight is 554 g/mol. The van der Waals surface area contributed by atoms with Crippen molar-refractivity contribution in [3.63, 3.8) is 0 Å². The summed E-state index contributed by atoms with van der Waals surface area (Å²) in [5.74, 6) is -0.754. The zero-order valence-electron chi connectivity index (χ0n) is 20.7. The van der Waals surface area contributed by atoms with Gasteiger partial charge < -0.3 is 14.5 Å². The second-order valence-electron chi connectivity index (χ2n) is 8.82. The number of rotatable bonds is 6. The third-order valence-electron chi connectivity index (χ3n) is 6.02. The van der Waals surface area contributed by atoms with E-state index in [0.29, 0.717) is 30.5 Å². The van der Waals surface area contributed by atoms with E-state index in [1.54, 1.807) is 0 Å². The summed E-state index contributed by atoms with van der Waals surface area (Å²) in [6.07, 6.45) is 5.36. The molecule has 0 atom stereocenters. The molecule has 5 rings (SSSR count). The first kappa shape index (κ1) is 27.2. The summed E-state index contributed by atoms with van der Waals surface area (Å²) in [5.41, 5.74) is 4.29. The first-order valence-corrected chi connectivity index (χ1v) is 13.9. The molecule has 0 saturated carbocycles. The Morgan fingerprint density at radius 1 is 0.974 bits per heavy atom. The minimum Gasteiger partial charge on any atom is -0.365 e. The van der Waals surface area contributed by atoms with Gasteiger partial charge in [0.25, 0.3) is 21.9 Å². The number of hydrogen-bond donors (Lipinski definition) is 5.